The first-order valence-electron chi connectivity index (χ1n) is 9.18. The monoisotopic (exact) mass is 339 g/mol. The number of pyridine rings is 1. The number of anilines is 1. The lowest BCUT2D eigenvalue weighted by Gasteiger charge is -2.26. The molecule has 0 saturated carbocycles. The first-order valence-corrected chi connectivity index (χ1v) is 9.18. The van der Waals surface area contributed by atoms with Crippen molar-refractivity contribution in [3.63, 3.8) is 0 Å². The van der Waals surface area contributed by atoms with E-state index in [9.17, 15) is 0 Å². The zero-order chi connectivity index (χ0) is 17.5. The summed E-state index contributed by atoms with van der Waals surface area (Å²) >= 11 is 0. The van der Waals surface area contributed by atoms with Crippen LogP contribution < -0.4 is 5.73 Å². The standard InChI is InChI=1S/C23H21N3/c24-23-22-20(17-7-2-1-3-8-17)15-26(21(22)12-13-25-23)19-11-10-16-6-4-5-9-18(16)14-19/h1-9,12-13,15,19H,10-11,14H2,(H2,24,25). The number of aryl methyl sites for hydroxylation is 1. The van der Waals surface area contributed by atoms with E-state index in [0.29, 0.717) is 11.9 Å². The molecule has 128 valence electrons. The van der Waals surface area contributed by atoms with Crippen molar-refractivity contribution in [2.45, 2.75) is 25.3 Å². The zero-order valence-electron chi connectivity index (χ0n) is 14.6. The lowest BCUT2D eigenvalue weighted by Crippen LogP contribution is -2.17. The van der Waals surface area contributed by atoms with Gasteiger partial charge >= 0.3 is 0 Å². The average molecular weight is 339 g/mol. The zero-order valence-corrected chi connectivity index (χ0v) is 14.6. The molecule has 0 fully saturated rings. The molecule has 2 N–H and O–H groups in total. The summed E-state index contributed by atoms with van der Waals surface area (Å²) in [5.41, 5.74) is 12.8. The summed E-state index contributed by atoms with van der Waals surface area (Å²) in [5.74, 6) is 0.608. The number of nitrogens with zero attached hydrogens (tertiary/aromatic N) is 2. The third-order valence-corrected chi connectivity index (χ3v) is 5.57. The second-order valence-electron chi connectivity index (χ2n) is 7.07. The lowest BCUT2D eigenvalue weighted by atomic mass is 9.88. The smallest absolute Gasteiger partial charge is 0.133 e. The van der Waals surface area contributed by atoms with Gasteiger partial charge in [-0.05, 0) is 42.0 Å². The van der Waals surface area contributed by atoms with E-state index in [4.69, 9.17) is 5.73 Å². The molecule has 26 heavy (non-hydrogen) atoms. The van der Waals surface area contributed by atoms with Crippen LogP contribution in [0.3, 0.4) is 0 Å². The highest BCUT2D eigenvalue weighted by Gasteiger charge is 2.23. The largest absolute Gasteiger partial charge is 0.383 e. The molecule has 4 aromatic rings. The van der Waals surface area contributed by atoms with E-state index in [0.717, 1.165) is 24.6 Å². The Hall–Kier alpha value is -3.07. The molecule has 1 aliphatic carbocycles. The normalized spacial score (nSPS) is 16.5. The molecular formula is C23H21N3. The van der Waals surface area contributed by atoms with Crippen LogP contribution in [0.5, 0.6) is 0 Å². The molecular weight excluding hydrogens is 318 g/mol. The average Bonchev–Trinajstić information content (AvgIpc) is 3.09. The molecule has 3 heteroatoms. The summed E-state index contributed by atoms with van der Waals surface area (Å²) in [6, 6.07) is 21.8. The fourth-order valence-corrected chi connectivity index (χ4v) is 4.29. The van der Waals surface area contributed by atoms with Gasteiger partial charge in [-0.15, -0.1) is 0 Å². The maximum absolute atomic E-state index is 6.29. The molecule has 2 heterocycles. The molecule has 0 radical (unpaired) electrons. The van der Waals surface area contributed by atoms with Gasteiger partial charge in [0, 0.05) is 29.4 Å². The van der Waals surface area contributed by atoms with Crippen molar-refractivity contribution in [1.82, 2.24) is 9.55 Å². The lowest BCUT2D eigenvalue weighted by molar-refractivity contribution is 0.455. The van der Waals surface area contributed by atoms with E-state index in [1.807, 2.05) is 12.3 Å². The molecule has 5 rings (SSSR count). The van der Waals surface area contributed by atoms with Crippen molar-refractivity contribution in [3.8, 4) is 11.1 Å². The summed E-state index contributed by atoms with van der Waals surface area (Å²) in [5, 5.41) is 1.07. The Balaban J connectivity index is 1.67. The van der Waals surface area contributed by atoms with Crippen molar-refractivity contribution >= 4 is 16.7 Å². The Morgan fingerprint density at radius 1 is 0.923 bits per heavy atom. The number of benzene rings is 2. The molecule has 3 nitrogen and oxygen atoms in total. The number of aromatic nitrogens is 2. The third kappa shape index (κ3) is 2.39. The van der Waals surface area contributed by atoms with Crippen molar-refractivity contribution in [3.05, 3.63) is 84.2 Å². The minimum absolute atomic E-state index is 0.451. The molecule has 1 aliphatic rings. The van der Waals surface area contributed by atoms with Crippen molar-refractivity contribution in [1.29, 1.82) is 0 Å². The van der Waals surface area contributed by atoms with Gasteiger partial charge in [0.1, 0.15) is 5.82 Å². The third-order valence-electron chi connectivity index (χ3n) is 5.57. The van der Waals surface area contributed by atoms with Gasteiger partial charge in [-0.25, -0.2) is 4.98 Å². The van der Waals surface area contributed by atoms with Crippen LogP contribution in [0.1, 0.15) is 23.6 Å². The molecule has 2 aromatic carbocycles. The van der Waals surface area contributed by atoms with E-state index in [1.54, 1.807) is 0 Å². The molecule has 0 aliphatic heterocycles. The molecule has 2 aromatic heterocycles. The fraction of sp³-hybridized carbons (Fsp3) is 0.174. The van der Waals surface area contributed by atoms with Crippen LogP contribution in [-0.2, 0) is 12.8 Å². The molecule has 1 atom stereocenters. The van der Waals surface area contributed by atoms with Crippen LogP contribution in [0, 0.1) is 0 Å². The van der Waals surface area contributed by atoms with E-state index in [2.05, 4.69) is 70.3 Å². The number of nitrogen functional groups attached to an aromatic ring is 1. The highest BCUT2D eigenvalue weighted by molar-refractivity contribution is 6.02. The van der Waals surface area contributed by atoms with Crippen LogP contribution >= 0.6 is 0 Å². The predicted molar refractivity (Wildman–Crippen MR) is 107 cm³/mol. The van der Waals surface area contributed by atoms with E-state index in [-0.39, 0.29) is 0 Å². The van der Waals surface area contributed by atoms with Gasteiger partial charge in [-0.3, -0.25) is 0 Å². The van der Waals surface area contributed by atoms with Crippen molar-refractivity contribution < 1.29 is 0 Å². The number of rotatable bonds is 2. The van der Waals surface area contributed by atoms with Gasteiger partial charge in [-0.2, -0.15) is 0 Å². The molecule has 0 saturated heterocycles. The highest BCUT2D eigenvalue weighted by Crippen LogP contribution is 2.38. The maximum atomic E-state index is 6.29. The maximum Gasteiger partial charge on any atom is 0.133 e. The second-order valence-corrected chi connectivity index (χ2v) is 7.07. The summed E-state index contributed by atoms with van der Waals surface area (Å²) in [6.45, 7) is 0. The van der Waals surface area contributed by atoms with E-state index in [1.165, 1.54) is 27.8 Å². The molecule has 0 amide bonds. The molecule has 0 spiro atoms. The highest BCUT2D eigenvalue weighted by atomic mass is 15.0. The Morgan fingerprint density at radius 2 is 1.69 bits per heavy atom. The summed E-state index contributed by atoms with van der Waals surface area (Å²) in [6.07, 6.45) is 7.44. The minimum atomic E-state index is 0.451. The van der Waals surface area contributed by atoms with Crippen LogP contribution in [-0.4, -0.2) is 9.55 Å². The van der Waals surface area contributed by atoms with Gasteiger partial charge in [0.05, 0.1) is 5.52 Å². The van der Waals surface area contributed by atoms with Gasteiger partial charge in [0.2, 0.25) is 0 Å². The number of nitrogens with two attached hydrogens (primary N) is 1. The Kier molecular flexibility index (Phi) is 3.52. The minimum Gasteiger partial charge on any atom is -0.383 e. The predicted octanol–water partition coefficient (Wildman–Crippen LogP) is 5.02. The summed E-state index contributed by atoms with van der Waals surface area (Å²) < 4.78 is 2.42. The quantitative estimate of drug-likeness (QED) is 0.557. The van der Waals surface area contributed by atoms with Gasteiger partial charge in [0.15, 0.2) is 0 Å². The number of hydrogen-bond acceptors (Lipinski definition) is 2. The summed E-state index contributed by atoms with van der Waals surface area (Å²) in [4.78, 5) is 4.35. The molecule has 0 bridgehead atoms. The van der Waals surface area contributed by atoms with Gasteiger partial charge < -0.3 is 10.3 Å². The van der Waals surface area contributed by atoms with Crippen molar-refractivity contribution in [2.75, 3.05) is 5.73 Å². The molecule has 1 unspecified atom stereocenters. The Morgan fingerprint density at radius 3 is 2.54 bits per heavy atom. The van der Waals surface area contributed by atoms with Crippen LogP contribution in [0.15, 0.2) is 73.1 Å². The summed E-state index contributed by atoms with van der Waals surface area (Å²) in [7, 11) is 0. The van der Waals surface area contributed by atoms with Crippen LogP contribution in [0.4, 0.5) is 5.82 Å². The van der Waals surface area contributed by atoms with E-state index < -0.39 is 0 Å². The van der Waals surface area contributed by atoms with Crippen LogP contribution in [0.25, 0.3) is 22.0 Å². The first-order chi connectivity index (χ1) is 12.8. The number of fused-ring (bicyclic) bond motifs is 2. The van der Waals surface area contributed by atoms with E-state index >= 15 is 0 Å². The Labute approximate surface area is 153 Å². The fourth-order valence-electron chi connectivity index (χ4n) is 4.29. The van der Waals surface area contributed by atoms with Gasteiger partial charge in [-0.1, -0.05) is 54.6 Å². The van der Waals surface area contributed by atoms with Crippen LogP contribution in [0.2, 0.25) is 0 Å². The van der Waals surface area contributed by atoms with Crippen molar-refractivity contribution in [2.24, 2.45) is 0 Å². The Bertz CT molecular complexity index is 1080. The SMILES string of the molecule is Nc1nccc2c1c(-c1ccccc1)cn2C1CCc2ccccc2C1. The topological polar surface area (TPSA) is 43.8 Å². The van der Waals surface area contributed by atoms with Gasteiger partial charge in [0.25, 0.3) is 0 Å². The second kappa shape index (κ2) is 6.03. The first kappa shape index (κ1) is 15.2. The number of hydrogen-bond donors (Lipinski definition) is 1.